The van der Waals surface area contributed by atoms with Gasteiger partial charge in [-0.25, -0.2) is 0 Å². The molecular formula is C48H31NOS. The molecule has 0 amide bonds. The lowest BCUT2D eigenvalue weighted by atomic mass is 9.98. The minimum atomic E-state index is -0.451. The van der Waals surface area contributed by atoms with Crippen molar-refractivity contribution in [3.05, 3.63) is 188 Å². The Kier molecular flexibility index (Phi) is 5.50. The summed E-state index contributed by atoms with van der Waals surface area (Å²) in [5, 5.41) is 2.48. The number of hydrogen-bond acceptors (Lipinski definition) is 3. The Morgan fingerprint density at radius 3 is 1.84 bits per heavy atom. The summed E-state index contributed by atoms with van der Waals surface area (Å²) >= 11 is 1.75. The van der Waals surface area contributed by atoms with E-state index in [1.54, 1.807) is 11.3 Å². The van der Waals surface area contributed by atoms with E-state index in [4.69, 9.17) is 14.0 Å². The SMILES string of the molecule is [2H]c1c([2H])c([2H])c2c(oc3c(-c4ccc(N(c5ccc(-c6ccccc6)cc5)c5ccc(-c6ccccc6)c6c5sc5ccccc56)cc4)c([2H])c([2H])c([2H])c32)c1[2H]. The van der Waals surface area contributed by atoms with Gasteiger partial charge in [-0.1, -0.05) is 145 Å². The molecule has 0 saturated carbocycles. The molecule has 0 aliphatic carbocycles. The number of hydrogen-bond donors (Lipinski definition) is 0. The summed E-state index contributed by atoms with van der Waals surface area (Å²) in [6.45, 7) is 0. The van der Waals surface area contributed by atoms with Crippen LogP contribution in [0.4, 0.5) is 17.1 Å². The van der Waals surface area contributed by atoms with E-state index in [1.165, 1.54) is 15.5 Å². The summed E-state index contributed by atoms with van der Waals surface area (Å²) in [4.78, 5) is 2.23. The second-order valence-electron chi connectivity index (χ2n) is 12.4. The normalized spacial score (nSPS) is 13.5. The highest BCUT2D eigenvalue weighted by Crippen LogP contribution is 2.48. The van der Waals surface area contributed by atoms with E-state index in [9.17, 15) is 0 Å². The van der Waals surface area contributed by atoms with Crippen LogP contribution in [0.3, 0.4) is 0 Å². The number of anilines is 3. The van der Waals surface area contributed by atoms with Crippen LogP contribution < -0.4 is 4.90 Å². The molecular weight excluding hydrogens is 639 g/mol. The Morgan fingerprint density at radius 1 is 0.471 bits per heavy atom. The van der Waals surface area contributed by atoms with Crippen LogP contribution in [-0.4, -0.2) is 0 Å². The van der Waals surface area contributed by atoms with Gasteiger partial charge in [0.05, 0.1) is 20.0 Å². The average molecular weight is 677 g/mol. The Labute approximate surface area is 309 Å². The molecule has 0 saturated heterocycles. The zero-order chi connectivity index (χ0) is 39.8. The fourth-order valence-corrected chi connectivity index (χ4v) is 8.25. The number of para-hydroxylation sites is 2. The van der Waals surface area contributed by atoms with Gasteiger partial charge in [-0.15, -0.1) is 11.3 Å². The molecule has 240 valence electrons. The number of furan rings is 1. The van der Waals surface area contributed by atoms with Crippen LogP contribution in [0, 0.1) is 0 Å². The van der Waals surface area contributed by atoms with Crippen molar-refractivity contribution in [2.24, 2.45) is 0 Å². The van der Waals surface area contributed by atoms with Crippen LogP contribution in [-0.2, 0) is 0 Å². The van der Waals surface area contributed by atoms with Crippen molar-refractivity contribution in [3.8, 4) is 33.4 Å². The minimum absolute atomic E-state index is 0.0359. The van der Waals surface area contributed by atoms with Gasteiger partial charge in [0.15, 0.2) is 0 Å². The Bertz CT molecular complexity index is 3240. The summed E-state index contributed by atoms with van der Waals surface area (Å²) in [7, 11) is 0. The standard InChI is InChI=1S/C48H31NOS/c1-3-12-32(13-4-1)33-22-26-36(27-23-33)49(37-28-24-35(25-29-37)39-18-11-19-41-40-16-7-9-20-44(40)50-47(39)41)43-31-30-38(34-14-5-2-6-15-34)46-42-17-8-10-21-45(42)51-48(43)46/h1-31H/i7D,9D,11D,16D,18D,19D,20D. The van der Waals surface area contributed by atoms with Crippen molar-refractivity contribution in [2.75, 3.05) is 4.90 Å². The summed E-state index contributed by atoms with van der Waals surface area (Å²) in [6, 6.07) is 47.2. The monoisotopic (exact) mass is 676 g/mol. The van der Waals surface area contributed by atoms with Crippen LogP contribution in [0.5, 0.6) is 0 Å². The van der Waals surface area contributed by atoms with Crippen molar-refractivity contribution < 1.29 is 14.0 Å². The van der Waals surface area contributed by atoms with Crippen LogP contribution >= 0.6 is 11.3 Å². The predicted molar refractivity (Wildman–Crippen MR) is 218 cm³/mol. The molecule has 2 aromatic heterocycles. The highest BCUT2D eigenvalue weighted by Gasteiger charge is 2.21. The molecule has 0 unspecified atom stereocenters. The van der Waals surface area contributed by atoms with Gasteiger partial charge in [0.25, 0.3) is 0 Å². The van der Waals surface area contributed by atoms with Crippen LogP contribution in [0.1, 0.15) is 9.60 Å². The van der Waals surface area contributed by atoms with E-state index in [0.29, 0.717) is 5.56 Å². The first-order chi connectivity index (χ1) is 28.2. The molecule has 0 fully saturated rings. The fourth-order valence-electron chi connectivity index (χ4n) is 7.02. The molecule has 0 aliphatic rings. The second-order valence-corrected chi connectivity index (χ2v) is 13.4. The summed E-state index contributed by atoms with van der Waals surface area (Å²) in [6.07, 6.45) is 0. The van der Waals surface area contributed by atoms with Crippen LogP contribution in [0.15, 0.2) is 192 Å². The van der Waals surface area contributed by atoms with Crippen molar-refractivity contribution in [1.29, 1.82) is 0 Å². The first kappa shape index (κ1) is 23.1. The summed E-state index contributed by atoms with van der Waals surface area (Å²) < 4.78 is 68.6. The van der Waals surface area contributed by atoms with E-state index in [-0.39, 0.29) is 57.7 Å². The molecule has 0 spiro atoms. The van der Waals surface area contributed by atoms with Crippen molar-refractivity contribution in [1.82, 2.24) is 0 Å². The van der Waals surface area contributed by atoms with E-state index >= 15 is 0 Å². The topological polar surface area (TPSA) is 16.4 Å². The molecule has 10 rings (SSSR count). The maximum atomic E-state index is 9.01. The molecule has 0 N–H and O–H groups in total. The number of benzene rings is 8. The Morgan fingerprint density at radius 2 is 1.08 bits per heavy atom. The zero-order valence-electron chi connectivity index (χ0n) is 34.1. The van der Waals surface area contributed by atoms with Gasteiger partial charge in [-0.2, -0.15) is 0 Å². The van der Waals surface area contributed by atoms with Crippen LogP contribution in [0.2, 0.25) is 0 Å². The highest BCUT2D eigenvalue weighted by atomic mass is 32.1. The smallest absolute Gasteiger partial charge is 0.143 e. The second kappa shape index (κ2) is 12.2. The number of nitrogens with zero attached hydrogens (tertiary/aromatic N) is 1. The maximum absolute atomic E-state index is 9.01. The predicted octanol–water partition coefficient (Wildman–Crippen LogP) is 14.4. The van der Waals surface area contributed by atoms with E-state index < -0.39 is 12.1 Å². The van der Waals surface area contributed by atoms with Gasteiger partial charge >= 0.3 is 0 Å². The molecule has 51 heavy (non-hydrogen) atoms. The molecule has 2 heterocycles. The molecule has 0 radical (unpaired) electrons. The third kappa shape index (κ3) is 5.01. The third-order valence-electron chi connectivity index (χ3n) is 9.41. The first-order valence-electron chi connectivity index (χ1n) is 20.2. The number of thiophene rings is 1. The molecule has 8 aromatic carbocycles. The van der Waals surface area contributed by atoms with Gasteiger partial charge in [-0.3, -0.25) is 0 Å². The van der Waals surface area contributed by atoms with Gasteiger partial charge in [0.1, 0.15) is 11.2 Å². The molecule has 3 heteroatoms. The lowest BCUT2D eigenvalue weighted by molar-refractivity contribution is 0.670. The van der Waals surface area contributed by atoms with E-state index in [0.717, 1.165) is 44.0 Å². The number of rotatable bonds is 6. The molecule has 0 bridgehead atoms. The molecule has 0 atom stereocenters. The highest BCUT2D eigenvalue weighted by molar-refractivity contribution is 7.26. The molecule has 0 aliphatic heterocycles. The summed E-state index contributed by atoms with van der Waals surface area (Å²) in [5.74, 6) is 0. The van der Waals surface area contributed by atoms with Crippen molar-refractivity contribution in [3.63, 3.8) is 0 Å². The van der Waals surface area contributed by atoms with Gasteiger partial charge in [-0.05, 0) is 70.3 Å². The Balaban J connectivity index is 1.19. The quantitative estimate of drug-likeness (QED) is 0.174. The zero-order valence-corrected chi connectivity index (χ0v) is 27.9. The average Bonchev–Trinajstić information content (AvgIpc) is 3.86. The minimum Gasteiger partial charge on any atom is -0.455 e. The van der Waals surface area contributed by atoms with Crippen molar-refractivity contribution >= 4 is 70.5 Å². The molecule has 10 aromatic rings. The largest absolute Gasteiger partial charge is 0.455 e. The van der Waals surface area contributed by atoms with E-state index in [1.807, 2.05) is 48.5 Å². The fraction of sp³-hybridized carbons (Fsp3) is 0. The van der Waals surface area contributed by atoms with Gasteiger partial charge in [0, 0.05) is 43.2 Å². The number of fused-ring (bicyclic) bond motifs is 6. The lowest BCUT2D eigenvalue weighted by Crippen LogP contribution is -2.10. The third-order valence-corrected chi connectivity index (χ3v) is 10.6. The Hall–Kier alpha value is -6.42. The first-order valence-corrected chi connectivity index (χ1v) is 17.5. The van der Waals surface area contributed by atoms with Crippen LogP contribution in [0.25, 0.3) is 75.5 Å². The maximum Gasteiger partial charge on any atom is 0.143 e. The van der Waals surface area contributed by atoms with Crippen molar-refractivity contribution in [2.45, 2.75) is 0 Å². The van der Waals surface area contributed by atoms with Gasteiger partial charge < -0.3 is 9.32 Å². The summed E-state index contributed by atoms with van der Waals surface area (Å²) in [5.41, 5.74) is 8.04. The lowest BCUT2D eigenvalue weighted by Gasteiger charge is -2.27. The molecule has 2 nitrogen and oxygen atoms in total. The van der Waals surface area contributed by atoms with E-state index in [2.05, 4.69) is 102 Å². The van der Waals surface area contributed by atoms with Gasteiger partial charge in [0.2, 0.25) is 0 Å².